The van der Waals surface area contributed by atoms with Crippen molar-refractivity contribution in [3.63, 3.8) is 0 Å². The summed E-state index contributed by atoms with van der Waals surface area (Å²) in [5, 5.41) is 30.6. The Hall–Kier alpha value is -2.03. The van der Waals surface area contributed by atoms with Crippen LogP contribution in [0.4, 0.5) is 0 Å². The van der Waals surface area contributed by atoms with Crippen LogP contribution in [0.1, 0.15) is 174 Å². The first-order valence-corrected chi connectivity index (χ1v) is 20.0. The third-order valence-corrected chi connectivity index (χ3v) is 9.57. The van der Waals surface area contributed by atoms with E-state index >= 15 is 0 Å². The second-order valence-electron chi connectivity index (χ2n) is 14.2. The van der Waals surface area contributed by atoms with E-state index in [1.54, 1.807) is 12.2 Å². The molecule has 1 aliphatic carbocycles. The summed E-state index contributed by atoms with van der Waals surface area (Å²) in [5.74, 6) is -1.36. The SMILES string of the molecule is CCCCCCCCCCCCCCCCCC(=O)OC[C@H](O)COC(=O)CCC/C=C\C[C@H]1[C@@H](O)CC(=O)[C@@H]1/C=C/[C@@H](O)CCCCC. The van der Waals surface area contributed by atoms with Crippen LogP contribution in [0.3, 0.4) is 0 Å². The largest absolute Gasteiger partial charge is 0.463 e. The molecular weight excluding hydrogens is 620 g/mol. The van der Waals surface area contributed by atoms with Gasteiger partial charge in [0.1, 0.15) is 25.1 Å². The molecule has 0 heterocycles. The Kier molecular flexibility index (Phi) is 28.2. The summed E-state index contributed by atoms with van der Waals surface area (Å²) >= 11 is 0. The number of esters is 2. The van der Waals surface area contributed by atoms with E-state index in [2.05, 4.69) is 13.8 Å². The Morgan fingerprint density at radius 1 is 0.714 bits per heavy atom. The number of hydrogen-bond donors (Lipinski definition) is 3. The Morgan fingerprint density at radius 3 is 1.76 bits per heavy atom. The van der Waals surface area contributed by atoms with Crippen LogP contribution in [-0.4, -0.2) is 64.6 Å². The Labute approximate surface area is 298 Å². The van der Waals surface area contributed by atoms with Crippen LogP contribution >= 0.6 is 0 Å². The van der Waals surface area contributed by atoms with Gasteiger partial charge in [0.2, 0.25) is 0 Å². The van der Waals surface area contributed by atoms with Crippen molar-refractivity contribution >= 4 is 17.7 Å². The van der Waals surface area contributed by atoms with E-state index in [1.165, 1.54) is 77.0 Å². The van der Waals surface area contributed by atoms with Crippen molar-refractivity contribution in [3.05, 3.63) is 24.3 Å². The molecule has 49 heavy (non-hydrogen) atoms. The number of carbonyl (C=O) groups excluding carboxylic acids is 3. The first-order valence-electron chi connectivity index (χ1n) is 20.0. The molecule has 0 spiro atoms. The number of hydrogen-bond acceptors (Lipinski definition) is 8. The second kappa shape index (κ2) is 30.8. The molecule has 0 aliphatic heterocycles. The van der Waals surface area contributed by atoms with Crippen molar-refractivity contribution in [2.45, 2.75) is 193 Å². The van der Waals surface area contributed by atoms with E-state index in [-0.39, 0.29) is 43.7 Å². The number of rotatable bonds is 32. The van der Waals surface area contributed by atoms with Crippen LogP contribution in [0.15, 0.2) is 24.3 Å². The van der Waals surface area contributed by atoms with Crippen LogP contribution in [0.25, 0.3) is 0 Å². The molecule has 0 bridgehead atoms. The maximum atomic E-state index is 12.4. The molecular formula is C41H72O8. The number of ketones is 1. The van der Waals surface area contributed by atoms with Gasteiger partial charge in [0.05, 0.1) is 12.2 Å². The van der Waals surface area contributed by atoms with E-state index in [1.807, 2.05) is 12.2 Å². The zero-order valence-electron chi connectivity index (χ0n) is 31.2. The maximum Gasteiger partial charge on any atom is 0.305 e. The van der Waals surface area contributed by atoms with Crippen molar-refractivity contribution in [2.75, 3.05) is 13.2 Å². The van der Waals surface area contributed by atoms with Gasteiger partial charge in [0, 0.05) is 31.1 Å². The summed E-state index contributed by atoms with van der Waals surface area (Å²) in [4.78, 5) is 36.4. The predicted molar refractivity (Wildman–Crippen MR) is 197 cm³/mol. The summed E-state index contributed by atoms with van der Waals surface area (Å²) in [5.41, 5.74) is 0. The minimum absolute atomic E-state index is 0.00262. The molecule has 8 heteroatoms. The van der Waals surface area contributed by atoms with Crippen LogP contribution in [-0.2, 0) is 23.9 Å². The summed E-state index contributed by atoms with van der Waals surface area (Å²) in [6.45, 7) is 3.98. The van der Waals surface area contributed by atoms with Gasteiger partial charge in [-0.3, -0.25) is 14.4 Å². The highest BCUT2D eigenvalue weighted by Crippen LogP contribution is 2.33. The first-order chi connectivity index (χ1) is 23.8. The second-order valence-corrected chi connectivity index (χ2v) is 14.2. The van der Waals surface area contributed by atoms with E-state index in [0.29, 0.717) is 32.1 Å². The van der Waals surface area contributed by atoms with Gasteiger partial charge < -0.3 is 24.8 Å². The fraction of sp³-hybridized carbons (Fsp3) is 0.829. The molecule has 0 aromatic rings. The normalized spacial score (nSPS) is 19.2. The van der Waals surface area contributed by atoms with Gasteiger partial charge in [-0.05, 0) is 32.1 Å². The van der Waals surface area contributed by atoms with Crippen molar-refractivity contribution in [2.24, 2.45) is 11.8 Å². The Balaban J connectivity index is 2.04. The fourth-order valence-corrected chi connectivity index (χ4v) is 6.42. The van der Waals surface area contributed by atoms with Gasteiger partial charge in [-0.1, -0.05) is 147 Å². The van der Waals surface area contributed by atoms with Crippen molar-refractivity contribution in [1.29, 1.82) is 0 Å². The quantitative estimate of drug-likeness (QED) is 0.0362. The summed E-state index contributed by atoms with van der Waals surface area (Å²) in [6, 6.07) is 0. The van der Waals surface area contributed by atoms with Gasteiger partial charge in [0.25, 0.3) is 0 Å². The van der Waals surface area contributed by atoms with Gasteiger partial charge in [-0.2, -0.15) is 0 Å². The average Bonchev–Trinajstić information content (AvgIpc) is 3.35. The third kappa shape index (κ3) is 24.7. The van der Waals surface area contributed by atoms with E-state index in [0.717, 1.165) is 38.5 Å². The Bertz CT molecular complexity index is 900. The molecule has 0 radical (unpaired) electrons. The highest BCUT2D eigenvalue weighted by molar-refractivity contribution is 5.86. The molecule has 1 fully saturated rings. The van der Waals surface area contributed by atoms with Crippen LogP contribution in [0.5, 0.6) is 0 Å². The van der Waals surface area contributed by atoms with Crippen molar-refractivity contribution < 1.29 is 39.2 Å². The lowest BCUT2D eigenvalue weighted by Gasteiger charge is -2.17. The number of ether oxygens (including phenoxy) is 2. The van der Waals surface area contributed by atoms with Gasteiger partial charge in [-0.15, -0.1) is 0 Å². The zero-order chi connectivity index (χ0) is 36.0. The van der Waals surface area contributed by atoms with E-state index in [9.17, 15) is 29.7 Å². The molecule has 0 unspecified atom stereocenters. The Morgan fingerprint density at radius 2 is 1.20 bits per heavy atom. The minimum Gasteiger partial charge on any atom is -0.463 e. The van der Waals surface area contributed by atoms with Gasteiger partial charge in [-0.25, -0.2) is 0 Å². The molecule has 1 rings (SSSR count). The van der Waals surface area contributed by atoms with Crippen LogP contribution < -0.4 is 0 Å². The lowest BCUT2D eigenvalue weighted by molar-refractivity contribution is -0.152. The zero-order valence-corrected chi connectivity index (χ0v) is 31.2. The first kappa shape index (κ1) is 45.0. The highest BCUT2D eigenvalue weighted by atomic mass is 16.6. The molecule has 0 amide bonds. The average molecular weight is 693 g/mol. The summed E-state index contributed by atoms with van der Waals surface area (Å²) in [7, 11) is 0. The van der Waals surface area contributed by atoms with E-state index < -0.39 is 30.2 Å². The van der Waals surface area contributed by atoms with Crippen molar-refractivity contribution in [3.8, 4) is 0 Å². The molecule has 0 aromatic heterocycles. The summed E-state index contributed by atoms with van der Waals surface area (Å²) in [6.07, 6.45) is 30.2. The molecule has 1 saturated carbocycles. The number of unbranched alkanes of at least 4 members (excludes halogenated alkanes) is 17. The summed E-state index contributed by atoms with van der Waals surface area (Å²) < 4.78 is 10.3. The lowest BCUT2D eigenvalue weighted by atomic mass is 9.90. The minimum atomic E-state index is -1.05. The maximum absolute atomic E-state index is 12.4. The standard InChI is InChI=1S/C41H72O8/c1-3-5-7-8-9-10-11-12-13-14-15-16-17-18-23-27-40(46)48-32-35(43)33-49-41(47)28-24-20-19-22-26-36-37(39(45)31-38(36)44)30-29-34(42)25-21-6-4-2/h19,22,29-30,34-38,42-44H,3-18,20-21,23-28,31-33H2,1-2H3/b22-19-,30-29+/t34-,35-,36+,37+,38-/m0/s1. The van der Waals surface area contributed by atoms with Gasteiger partial charge >= 0.3 is 11.9 Å². The molecule has 0 aromatic carbocycles. The smallest absolute Gasteiger partial charge is 0.305 e. The third-order valence-electron chi connectivity index (χ3n) is 9.57. The number of aliphatic hydroxyl groups is 3. The number of Topliss-reactive ketones (excluding diaryl/α,β-unsaturated/α-hetero) is 1. The fourth-order valence-electron chi connectivity index (χ4n) is 6.42. The molecule has 1 aliphatic rings. The number of carbonyl (C=O) groups is 3. The van der Waals surface area contributed by atoms with Crippen LogP contribution in [0.2, 0.25) is 0 Å². The van der Waals surface area contributed by atoms with Crippen molar-refractivity contribution in [1.82, 2.24) is 0 Å². The molecule has 0 saturated heterocycles. The van der Waals surface area contributed by atoms with E-state index in [4.69, 9.17) is 9.47 Å². The molecule has 3 N–H and O–H groups in total. The molecule has 8 nitrogen and oxygen atoms in total. The highest BCUT2D eigenvalue weighted by Gasteiger charge is 2.39. The number of allylic oxidation sites excluding steroid dienone is 3. The monoisotopic (exact) mass is 693 g/mol. The lowest BCUT2D eigenvalue weighted by Crippen LogP contribution is -2.25. The van der Waals surface area contributed by atoms with Gasteiger partial charge in [0.15, 0.2) is 0 Å². The molecule has 5 atom stereocenters. The van der Waals surface area contributed by atoms with Crippen LogP contribution in [0, 0.1) is 11.8 Å². The molecule has 284 valence electrons. The predicted octanol–water partition coefficient (Wildman–Crippen LogP) is 8.88. The number of aliphatic hydroxyl groups excluding tert-OH is 3. The topological polar surface area (TPSA) is 130 Å².